The van der Waals surface area contributed by atoms with Gasteiger partial charge in [-0.25, -0.2) is 4.98 Å². The fraction of sp³-hybridized carbons (Fsp3) is 0.348. The first-order chi connectivity index (χ1) is 15.6. The Morgan fingerprint density at radius 3 is 2.67 bits per heavy atom. The lowest BCUT2D eigenvalue weighted by molar-refractivity contribution is -0.142. The zero-order chi connectivity index (χ0) is 24.0. The molecule has 0 radical (unpaired) electrons. The lowest BCUT2D eigenvalue weighted by atomic mass is 9.90. The Morgan fingerprint density at radius 1 is 1.39 bits per heavy atom. The maximum Gasteiger partial charge on any atom is 0.408 e. The van der Waals surface area contributed by atoms with Gasteiger partial charge in [0.1, 0.15) is 17.8 Å². The summed E-state index contributed by atoms with van der Waals surface area (Å²) in [6.07, 6.45) is 3.30. The van der Waals surface area contributed by atoms with Gasteiger partial charge in [0.15, 0.2) is 0 Å². The van der Waals surface area contributed by atoms with Crippen molar-refractivity contribution in [2.24, 2.45) is 0 Å². The summed E-state index contributed by atoms with van der Waals surface area (Å²) in [6, 6.07) is 1.79. The van der Waals surface area contributed by atoms with Gasteiger partial charge in [0, 0.05) is 11.8 Å². The Morgan fingerprint density at radius 2 is 2.12 bits per heavy atom. The number of alkyl halides is 3. The third-order valence-corrected chi connectivity index (χ3v) is 5.74. The molecule has 10 heteroatoms. The molecule has 1 spiro atoms. The van der Waals surface area contributed by atoms with Crippen molar-refractivity contribution in [1.82, 2.24) is 14.8 Å². The molecule has 0 atom stereocenters. The van der Waals surface area contributed by atoms with E-state index in [2.05, 4.69) is 11.7 Å². The molecule has 4 rings (SSSR count). The van der Waals surface area contributed by atoms with Gasteiger partial charge in [-0.05, 0) is 37.6 Å². The highest BCUT2D eigenvalue weighted by atomic mass is 19.4. The van der Waals surface area contributed by atoms with Crippen molar-refractivity contribution in [2.45, 2.75) is 32.1 Å². The number of ether oxygens (including phenoxy) is 2. The molecule has 0 bridgehead atoms. The van der Waals surface area contributed by atoms with Crippen LogP contribution in [0.4, 0.5) is 18.9 Å². The Hall–Kier alpha value is -3.40. The summed E-state index contributed by atoms with van der Waals surface area (Å²) in [5, 5.41) is 3.80. The summed E-state index contributed by atoms with van der Waals surface area (Å²) in [5.74, 6) is 0.285. The Kier molecular flexibility index (Phi) is 5.65. The molecule has 174 valence electrons. The van der Waals surface area contributed by atoms with Crippen LogP contribution < -0.4 is 4.90 Å². The number of carbonyl (C=O) groups is 1. The van der Waals surface area contributed by atoms with Gasteiger partial charge in [-0.1, -0.05) is 12.7 Å². The van der Waals surface area contributed by atoms with Crippen molar-refractivity contribution in [2.75, 3.05) is 25.2 Å². The normalized spacial score (nSPS) is 17.9. The van der Waals surface area contributed by atoms with Crippen molar-refractivity contribution in [3.63, 3.8) is 0 Å². The van der Waals surface area contributed by atoms with E-state index in [9.17, 15) is 18.0 Å². The molecular formula is C23H23F3N4O3. The molecule has 1 fully saturated rings. The summed E-state index contributed by atoms with van der Waals surface area (Å²) in [4.78, 5) is 19.7. The van der Waals surface area contributed by atoms with E-state index in [0.717, 1.165) is 4.68 Å². The second-order valence-corrected chi connectivity index (χ2v) is 7.92. The molecule has 1 saturated heterocycles. The van der Waals surface area contributed by atoms with E-state index < -0.39 is 18.3 Å². The fourth-order valence-corrected chi connectivity index (χ4v) is 4.15. The van der Waals surface area contributed by atoms with Crippen LogP contribution in [-0.4, -0.2) is 47.2 Å². The largest absolute Gasteiger partial charge is 0.497 e. The summed E-state index contributed by atoms with van der Waals surface area (Å²) < 4.78 is 50.0. The number of pyridine rings is 1. The summed E-state index contributed by atoms with van der Waals surface area (Å²) in [7, 11) is 1.56. The van der Waals surface area contributed by atoms with Crippen molar-refractivity contribution >= 4 is 17.2 Å². The Balaban J connectivity index is 1.80. The Bertz CT molecular complexity index is 1180. The number of methoxy groups -OCH3 is 1. The molecule has 33 heavy (non-hydrogen) atoms. The van der Waals surface area contributed by atoms with Crippen LogP contribution in [0.3, 0.4) is 0 Å². The summed E-state index contributed by atoms with van der Waals surface area (Å²) >= 11 is 0. The van der Waals surface area contributed by atoms with Gasteiger partial charge in [0.25, 0.3) is 5.91 Å². The molecule has 0 aliphatic carbocycles. The molecule has 2 aromatic heterocycles. The first kappa shape index (κ1) is 22.8. The van der Waals surface area contributed by atoms with Crippen LogP contribution in [-0.2, 0) is 21.6 Å². The van der Waals surface area contributed by atoms with Crippen LogP contribution >= 0.6 is 0 Å². The van der Waals surface area contributed by atoms with E-state index in [1.165, 1.54) is 17.3 Å². The number of fused-ring (bicyclic) bond motifs is 2. The summed E-state index contributed by atoms with van der Waals surface area (Å²) in [6.45, 7) is 6.63. The second kappa shape index (κ2) is 8.18. The van der Waals surface area contributed by atoms with Gasteiger partial charge in [-0.15, -0.1) is 0 Å². The summed E-state index contributed by atoms with van der Waals surface area (Å²) in [5.41, 5.74) is 2.32. The molecule has 1 amide bonds. The monoisotopic (exact) mass is 460 g/mol. The standard InChI is InChI=1S/C23H23F3N4O3/c1-5-15(8-17(6-2)32-4)18-7-14(3)19-20(28-18)22(12-33-13-22)30(21(19)31)16-9-27-29(10-16)11-23(24,25)26/h5-10H,1,11-13H2,2-4H3/b15-8+,17-6+. The third kappa shape index (κ3) is 3.84. The second-order valence-electron chi connectivity index (χ2n) is 7.92. The molecule has 0 N–H and O–H groups in total. The van der Waals surface area contributed by atoms with Gasteiger partial charge in [0.05, 0.1) is 49.2 Å². The highest BCUT2D eigenvalue weighted by Gasteiger charge is 2.58. The topological polar surface area (TPSA) is 69.5 Å². The van der Waals surface area contributed by atoms with Gasteiger partial charge in [-0.3, -0.25) is 14.4 Å². The number of halogens is 3. The number of carbonyl (C=O) groups excluding carboxylic acids is 1. The molecule has 0 aromatic carbocycles. The molecular weight excluding hydrogens is 437 g/mol. The number of aryl methyl sites for hydroxylation is 1. The van der Waals surface area contributed by atoms with Crippen LogP contribution in [0.15, 0.2) is 49.0 Å². The molecule has 0 saturated carbocycles. The minimum absolute atomic E-state index is 0.178. The number of anilines is 1. The average molecular weight is 460 g/mol. The van der Waals surface area contributed by atoms with E-state index in [0.29, 0.717) is 33.8 Å². The van der Waals surface area contributed by atoms with E-state index >= 15 is 0 Å². The van der Waals surface area contributed by atoms with E-state index in [1.807, 2.05) is 6.92 Å². The third-order valence-electron chi connectivity index (χ3n) is 5.74. The predicted molar refractivity (Wildman–Crippen MR) is 116 cm³/mol. The minimum atomic E-state index is -4.42. The smallest absolute Gasteiger partial charge is 0.408 e. The average Bonchev–Trinajstić information content (AvgIpc) is 3.27. The number of amides is 1. The lowest BCUT2D eigenvalue weighted by Crippen LogP contribution is -2.58. The molecule has 0 unspecified atom stereocenters. The van der Waals surface area contributed by atoms with Crippen molar-refractivity contribution < 1.29 is 27.4 Å². The molecule has 2 aliphatic heterocycles. The zero-order valence-corrected chi connectivity index (χ0v) is 18.4. The predicted octanol–water partition coefficient (Wildman–Crippen LogP) is 4.15. The van der Waals surface area contributed by atoms with E-state index in [-0.39, 0.29) is 24.8 Å². The van der Waals surface area contributed by atoms with Crippen LogP contribution in [0.5, 0.6) is 0 Å². The van der Waals surface area contributed by atoms with Crippen molar-refractivity contribution in [1.29, 1.82) is 0 Å². The van der Waals surface area contributed by atoms with Gasteiger partial charge < -0.3 is 9.47 Å². The Labute approximate surface area is 188 Å². The first-order valence-corrected chi connectivity index (χ1v) is 10.2. The van der Waals surface area contributed by atoms with Crippen molar-refractivity contribution in [3.8, 4) is 0 Å². The van der Waals surface area contributed by atoms with Crippen LogP contribution in [0.2, 0.25) is 0 Å². The molecule has 4 heterocycles. The minimum Gasteiger partial charge on any atom is -0.497 e. The maximum absolute atomic E-state index is 13.4. The maximum atomic E-state index is 13.4. The number of allylic oxidation sites excluding steroid dienone is 4. The number of hydrogen-bond acceptors (Lipinski definition) is 5. The van der Waals surface area contributed by atoms with Gasteiger partial charge in [-0.2, -0.15) is 18.3 Å². The SMILES string of the molecule is C=C/C(=C\C(=C/C)OC)c1cc(C)c2c(n1)C1(COC1)N(c1cnn(CC(F)(F)F)c1)C2=O. The molecule has 2 aliphatic rings. The van der Waals surface area contributed by atoms with Gasteiger partial charge >= 0.3 is 6.18 Å². The zero-order valence-electron chi connectivity index (χ0n) is 18.4. The fourth-order valence-electron chi connectivity index (χ4n) is 4.15. The number of hydrogen-bond donors (Lipinski definition) is 0. The van der Waals surface area contributed by atoms with Gasteiger partial charge in [0.2, 0.25) is 0 Å². The number of nitrogens with zero attached hydrogens (tertiary/aromatic N) is 4. The van der Waals surface area contributed by atoms with E-state index in [1.54, 1.807) is 38.3 Å². The van der Waals surface area contributed by atoms with Crippen LogP contribution in [0, 0.1) is 6.92 Å². The molecule has 2 aromatic rings. The quantitative estimate of drug-likeness (QED) is 0.479. The highest BCUT2D eigenvalue weighted by molar-refractivity contribution is 6.13. The molecule has 7 nitrogen and oxygen atoms in total. The number of rotatable bonds is 6. The van der Waals surface area contributed by atoms with E-state index in [4.69, 9.17) is 14.5 Å². The van der Waals surface area contributed by atoms with Crippen LogP contribution in [0.1, 0.15) is 34.2 Å². The number of aromatic nitrogens is 3. The lowest BCUT2D eigenvalue weighted by Gasteiger charge is -2.44. The highest BCUT2D eigenvalue weighted by Crippen LogP contribution is 2.47. The first-order valence-electron chi connectivity index (χ1n) is 10.2. The van der Waals surface area contributed by atoms with Crippen LogP contribution in [0.25, 0.3) is 5.57 Å². The van der Waals surface area contributed by atoms with Crippen molar-refractivity contribution in [3.05, 3.63) is 71.5 Å².